The maximum absolute atomic E-state index is 12.7. The van der Waals surface area contributed by atoms with E-state index in [1.165, 1.54) is 0 Å². The van der Waals surface area contributed by atoms with Gasteiger partial charge in [-0.15, -0.1) is 0 Å². The molecule has 0 unspecified atom stereocenters. The summed E-state index contributed by atoms with van der Waals surface area (Å²) >= 11 is 0. The van der Waals surface area contributed by atoms with E-state index in [1.807, 2.05) is 35.2 Å². The molecule has 0 N–H and O–H groups in total. The molecule has 1 saturated heterocycles. The van der Waals surface area contributed by atoms with Gasteiger partial charge >= 0.3 is 0 Å². The molecule has 0 spiro atoms. The van der Waals surface area contributed by atoms with Crippen LogP contribution in [0.3, 0.4) is 0 Å². The van der Waals surface area contributed by atoms with E-state index in [4.69, 9.17) is 4.74 Å². The smallest absolute Gasteiger partial charge is 0.223 e. The van der Waals surface area contributed by atoms with Crippen molar-refractivity contribution < 1.29 is 9.53 Å². The monoisotopic (exact) mass is 353 g/mol. The van der Waals surface area contributed by atoms with Gasteiger partial charge in [0.1, 0.15) is 5.75 Å². The average molecular weight is 353 g/mol. The normalized spacial score (nSPS) is 16.4. The molecule has 0 atom stereocenters. The maximum atomic E-state index is 12.7. The van der Waals surface area contributed by atoms with Gasteiger partial charge in [0.2, 0.25) is 5.91 Å². The van der Waals surface area contributed by atoms with Crippen molar-refractivity contribution >= 4 is 11.6 Å². The molecule has 2 aromatic rings. The zero-order chi connectivity index (χ0) is 18.6. The molecule has 0 radical (unpaired) electrons. The van der Waals surface area contributed by atoms with E-state index in [1.54, 1.807) is 19.5 Å². The molecule has 3 rings (SSSR count). The second-order valence-corrected chi connectivity index (χ2v) is 7.31. The number of carbonyl (C=O) groups excluding carboxylic acids is 1. The number of hydrogen-bond acceptors (Lipinski definition) is 4. The van der Waals surface area contributed by atoms with Crippen LogP contribution in [0.5, 0.6) is 5.75 Å². The summed E-state index contributed by atoms with van der Waals surface area (Å²) < 4.78 is 5.53. The summed E-state index contributed by atoms with van der Waals surface area (Å²) in [7, 11) is 1.70. The van der Waals surface area contributed by atoms with Crippen LogP contribution in [0.25, 0.3) is 0 Å². The Labute approximate surface area is 155 Å². The summed E-state index contributed by atoms with van der Waals surface area (Å²) in [5, 5.41) is 0. The third kappa shape index (κ3) is 3.98. The van der Waals surface area contributed by atoms with Gasteiger partial charge in [-0.2, -0.15) is 0 Å². The first-order chi connectivity index (χ1) is 12.5. The van der Waals surface area contributed by atoms with E-state index >= 15 is 0 Å². The van der Waals surface area contributed by atoms with Crippen molar-refractivity contribution in [2.24, 2.45) is 0 Å². The molecule has 1 amide bonds. The highest BCUT2D eigenvalue weighted by atomic mass is 16.5. The molecule has 1 aliphatic heterocycles. The van der Waals surface area contributed by atoms with E-state index in [2.05, 4.69) is 29.8 Å². The van der Waals surface area contributed by atoms with Crippen LogP contribution in [0.4, 0.5) is 5.69 Å². The number of rotatable bonds is 5. The Balaban J connectivity index is 1.65. The number of para-hydroxylation sites is 2. The predicted molar refractivity (Wildman–Crippen MR) is 104 cm³/mol. The van der Waals surface area contributed by atoms with Crippen LogP contribution < -0.4 is 9.64 Å². The van der Waals surface area contributed by atoms with Crippen LogP contribution in [0.15, 0.2) is 48.8 Å². The molecule has 2 heterocycles. The predicted octanol–water partition coefficient (Wildman–Crippen LogP) is 3.15. The molecular weight excluding hydrogens is 326 g/mol. The number of anilines is 1. The number of hydrogen-bond donors (Lipinski definition) is 0. The third-order valence-corrected chi connectivity index (χ3v) is 5.01. The number of aryl methyl sites for hydroxylation is 1. The number of ether oxygens (including phenoxy) is 1. The van der Waals surface area contributed by atoms with Crippen LogP contribution in [0, 0.1) is 0 Å². The highest BCUT2D eigenvalue weighted by molar-refractivity contribution is 5.77. The van der Waals surface area contributed by atoms with Crippen molar-refractivity contribution in [1.82, 2.24) is 9.88 Å². The first-order valence-corrected chi connectivity index (χ1v) is 9.08. The lowest BCUT2D eigenvalue weighted by Gasteiger charge is -2.48. The number of aromatic nitrogens is 1. The lowest BCUT2D eigenvalue weighted by Crippen LogP contribution is -2.60. The molecule has 1 aromatic carbocycles. The second kappa shape index (κ2) is 7.77. The fraction of sp³-hybridized carbons (Fsp3) is 0.429. The first kappa shape index (κ1) is 18.2. The maximum Gasteiger partial charge on any atom is 0.223 e. The van der Waals surface area contributed by atoms with Gasteiger partial charge in [-0.3, -0.25) is 9.78 Å². The summed E-state index contributed by atoms with van der Waals surface area (Å²) in [5.41, 5.74) is 2.09. The van der Waals surface area contributed by atoms with Gasteiger partial charge in [0.25, 0.3) is 0 Å². The highest BCUT2D eigenvalue weighted by Crippen LogP contribution is 2.34. The van der Waals surface area contributed by atoms with E-state index in [9.17, 15) is 4.79 Å². The zero-order valence-electron chi connectivity index (χ0n) is 15.8. The lowest BCUT2D eigenvalue weighted by atomic mass is 9.97. The molecule has 0 aliphatic carbocycles. The summed E-state index contributed by atoms with van der Waals surface area (Å²) in [6.45, 7) is 6.61. The molecular formula is C21H27N3O2. The number of pyridine rings is 1. The Kier molecular flexibility index (Phi) is 5.45. The Morgan fingerprint density at radius 2 is 1.88 bits per heavy atom. The standard InChI is InChI=1S/C21H27N3O2/c1-21(2)16-23(20(25)9-8-17-10-12-22-13-11-17)14-15-24(21)18-6-4-5-7-19(18)26-3/h4-7,10-13H,8-9,14-16H2,1-3H3. The van der Waals surface area contributed by atoms with E-state index < -0.39 is 0 Å². The fourth-order valence-electron chi connectivity index (χ4n) is 3.63. The van der Waals surface area contributed by atoms with Crippen molar-refractivity contribution in [3.63, 3.8) is 0 Å². The second-order valence-electron chi connectivity index (χ2n) is 7.31. The molecule has 1 aliphatic rings. The van der Waals surface area contributed by atoms with Crippen LogP contribution in [-0.2, 0) is 11.2 Å². The van der Waals surface area contributed by atoms with E-state index in [-0.39, 0.29) is 11.4 Å². The number of piperazine rings is 1. The van der Waals surface area contributed by atoms with Gasteiger partial charge in [-0.1, -0.05) is 12.1 Å². The van der Waals surface area contributed by atoms with Crippen molar-refractivity contribution in [2.75, 3.05) is 31.6 Å². The summed E-state index contributed by atoms with van der Waals surface area (Å²) in [6.07, 6.45) is 4.84. The van der Waals surface area contributed by atoms with E-state index in [0.29, 0.717) is 13.0 Å². The summed E-state index contributed by atoms with van der Waals surface area (Å²) in [6, 6.07) is 12.0. The quantitative estimate of drug-likeness (QED) is 0.828. The van der Waals surface area contributed by atoms with Gasteiger partial charge in [0.15, 0.2) is 0 Å². The molecule has 5 nitrogen and oxygen atoms in total. The molecule has 138 valence electrons. The minimum atomic E-state index is -0.154. The third-order valence-electron chi connectivity index (χ3n) is 5.01. The summed E-state index contributed by atoms with van der Waals surface area (Å²) in [5.74, 6) is 1.09. The van der Waals surface area contributed by atoms with Crippen LogP contribution >= 0.6 is 0 Å². The van der Waals surface area contributed by atoms with Crippen molar-refractivity contribution in [1.29, 1.82) is 0 Å². The molecule has 1 fully saturated rings. The van der Waals surface area contributed by atoms with Crippen molar-refractivity contribution in [3.05, 3.63) is 54.4 Å². The Morgan fingerprint density at radius 1 is 1.15 bits per heavy atom. The number of benzene rings is 1. The van der Waals surface area contributed by atoms with Crippen molar-refractivity contribution in [2.45, 2.75) is 32.2 Å². The number of carbonyl (C=O) groups is 1. The Bertz CT molecular complexity index is 746. The number of amides is 1. The highest BCUT2D eigenvalue weighted by Gasteiger charge is 2.36. The van der Waals surface area contributed by atoms with Gasteiger partial charge in [-0.25, -0.2) is 0 Å². The molecule has 0 bridgehead atoms. The molecule has 5 heteroatoms. The number of methoxy groups -OCH3 is 1. The minimum absolute atomic E-state index is 0.154. The fourth-order valence-corrected chi connectivity index (χ4v) is 3.63. The van der Waals surface area contributed by atoms with Crippen molar-refractivity contribution in [3.8, 4) is 5.75 Å². The van der Waals surface area contributed by atoms with Crippen LogP contribution in [-0.4, -0.2) is 48.1 Å². The van der Waals surface area contributed by atoms with Gasteiger partial charge in [-0.05, 0) is 50.1 Å². The minimum Gasteiger partial charge on any atom is -0.495 e. The van der Waals surface area contributed by atoms with E-state index in [0.717, 1.165) is 36.5 Å². The molecule has 1 aromatic heterocycles. The number of nitrogens with zero attached hydrogens (tertiary/aromatic N) is 3. The topological polar surface area (TPSA) is 45.7 Å². The van der Waals surface area contributed by atoms with Gasteiger partial charge in [0, 0.05) is 38.4 Å². The zero-order valence-corrected chi connectivity index (χ0v) is 15.8. The molecule has 0 saturated carbocycles. The summed E-state index contributed by atoms with van der Waals surface area (Å²) in [4.78, 5) is 21.1. The lowest BCUT2D eigenvalue weighted by molar-refractivity contribution is -0.132. The van der Waals surface area contributed by atoms with Gasteiger partial charge < -0.3 is 14.5 Å². The average Bonchev–Trinajstić information content (AvgIpc) is 2.66. The largest absolute Gasteiger partial charge is 0.495 e. The van der Waals surface area contributed by atoms with Crippen LogP contribution in [0.2, 0.25) is 0 Å². The molecule has 26 heavy (non-hydrogen) atoms. The SMILES string of the molecule is COc1ccccc1N1CCN(C(=O)CCc2ccncc2)CC1(C)C. The van der Waals surface area contributed by atoms with Gasteiger partial charge in [0.05, 0.1) is 18.3 Å². The van der Waals surface area contributed by atoms with Crippen LogP contribution in [0.1, 0.15) is 25.8 Å². The Hall–Kier alpha value is -2.56. The first-order valence-electron chi connectivity index (χ1n) is 9.08. The Morgan fingerprint density at radius 3 is 2.58 bits per heavy atom.